The Balaban J connectivity index is 1.46. The Morgan fingerprint density at radius 2 is 2.26 bits per heavy atom. The van der Waals surface area contributed by atoms with E-state index in [2.05, 4.69) is 31.0 Å². The van der Waals surface area contributed by atoms with Crippen molar-refractivity contribution in [3.63, 3.8) is 0 Å². The van der Waals surface area contributed by atoms with Gasteiger partial charge in [-0.1, -0.05) is 18.2 Å². The largest absolute Gasteiger partial charge is 0.352 e. The van der Waals surface area contributed by atoms with E-state index >= 15 is 0 Å². The molecule has 0 aliphatic heterocycles. The van der Waals surface area contributed by atoms with E-state index in [1.807, 2.05) is 41.2 Å². The molecule has 2 aromatic heterocycles. The monoisotopic (exact) mass is 311 g/mol. The Morgan fingerprint density at radius 1 is 1.30 bits per heavy atom. The minimum absolute atomic E-state index is 0.0297. The first-order valence-corrected chi connectivity index (χ1v) is 7.38. The number of hydrogen-bond acceptors (Lipinski definition) is 5. The number of aryl methyl sites for hydroxylation is 1. The van der Waals surface area contributed by atoms with E-state index in [1.54, 1.807) is 6.20 Å². The molecule has 0 saturated carbocycles. The normalized spacial score (nSPS) is 10.6. The molecule has 8 nitrogen and oxygen atoms in total. The van der Waals surface area contributed by atoms with Gasteiger partial charge < -0.3 is 5.32 Å². The number of tetrazole rings is 1. The van der Waals surface area contributed by atoms with Gasteiger partial charge in [0.2, 0.25) is 11.7 Å². The number of nitrogens with one attached hydrogen (secondary N) is 2. The smallest absolute Gasteiger partial charge is 0.220 e. The number of hydrogen-bond donors (Lipinski definition) is 2. The molecular weight excluding hydrogens is 294 g/mol. The van der Waals surface area contributed by atoms with Crippen molar-refractivity contribution in [3.8, 4) is 11.4 Å². The maximum Gasteiger partial charge on any atom is 0.220 e. The zero-order chi connectivity index (χ0) is 15.9. The quantitative estimate of drug-likeness (QED) is 0.682. The standard InChI is InChI=1S/C15H17N7O/c23-14(6-2-8-22-9-3-7-17-22)16-11-12-4-1-5-13(10-12)15-18-20-21-19-15/h1,3-5,7,9-10H,2,6,8,11H2,(H,16,23)(H,18,19,20,21). The van der Waals surface area contributed by atoms with Gasteiger partial charge in [0.1, 0.15) is 0 Å². The van der Waals surface area contributed by atoms with Crippen LogP contribution in [0.5, 0.6) is 0 Å². The van der Waals surface area contributed by atoms with Crippen LogP contribution in [0.3, 0.4) is 0 Å². The molecule has 0 radical (unpaired) electrons. The summed E-state index contributed by atoms with van der Waals surface area (Å²) in [5, 5.41) is 20.9. The summed E-state index contributed by atoms with van der Waals surface area (Å²) in [5.74, 6) is 0.569. The maximum atomic E-state index is 11.9. The molecule has 2 heterocycles. The summed E-state index contributed by atoms with van der Waals surface area (Å²) in [4.78, 5) is 11.9. The van der Waals surface area contributed by atoms with Crippen LogP contribution in [0, 0.1) is 0 Å². The Morgan fingerprint density at radius 3 is 3.04 bits per heavy atom. The van der Waals surface area contributed by atoms with Crippen molar-refractivity contribution in [2.45, 2.75) is 25.9 Å². The summed E-state index contributed by atoms with van der Waals surface area (Å²) in [6.45, 7) is 1.22. The molecule has 0 saturated heterocycles. The number of aromatic amines is 1. The first-order chi connectivity index (χ1) is 11.3. The van der Waals surface area contributed by atoms with Crippen LogP contribution in [-0.2, 0) is 17.9 Å². The van der Waals surface area contributed by atoms with E-state index in [0.717, 1.165) is 24.1 Å². The van der Waals surface area contributed by atoms with Crippen LogP contribution in [-0.4, -0.2) is 36.3 Å². The van der Waals surface area contributed by atoms with Crippen LogP contribution in [0.2, 0.25) is 0 Å². The Hall–Kier alpha value is -3.03. The van der Waals surface area contributed by atoms with Crippen LogP contribution in [0.1, 0.15) is 18.4 Å². The maximum absolute atomic E-state index is 11.9. The van der Waals surface area contributed by atoms with Gasteiger partial charge in [0, 0.05) is 37.5 Å². The van der Waals surface area contributed by atoms with Crippen LogP contribution >= 0.6 is 0 Å². The Bertz CT molecular complexity index is 737. The van der Waals surface area contributed by atoms with Crippen LogP contribution in [0.25, 0.3) is 11.4 Å². The predicted molar refractivity (Wildman–Crippen MR) is 82.9 cm³/mol. The first kappa shape index (κ1) is 14.9. The van der Waals surface area contributed by atoms with Gasteiger partial charge in [-0.15, -0.1) is 10.2 Å². The highest BCUT2D eigenvalue weighted by molar-refractivity contribution is 5.75. The highest BCUT2D eigenvalue weighted by atomic mass is 16.1. The van der Waals surface area contributed by atoms with Crippen molar-refractivity contribution in [1.29, 1.82) is 0 Å². The van der Waals surface area contributed by atoms with Gasteiger partial charge in [-0.2, -0.15) is 10.3 Å². The van der Waals surface area contributed by atoms with E-state index in [0.29, 0.717) is 18.8 Å². The number of carbonyl (C=O) groups is 1. The fourth-order valence-electron chi connectivity index (χ4n) is 2.23. The second-order valence-electron chi connectivity index (χ2n) is 5.09. The van der Waals surface area contributed by atoms with E-state index in [9.17, 15) is 4.79 Å². The van der Waals surface area contributed by atoms with Gasteiger partial charge in [-0.25, -0.2) is 0 Å². The molecule has 8 heteroatoms. The minimum atomic E-state index is 0.0297. The number of benzene rings is 1. The molecule has 3 rings (SSSR count). The molecule has 0 spiro atoms. The molecule has 1 amide bonds. The third-order valence-electron chi connectivity index (χ3n) is 3.37. The number of carbonyl (C=O) groups excluding carboxylic acids is 1. The van der Waals surface area contributed by atoms with E-state index < -0.39 is 0 Å². The Kier molecular flexibility index (Phi) is 4.72. The van der Waals surface area contributed by atoms with Gasteiger partial charge in [0.25, 0.3) is 0 Å². The second-order valence-corrected chi connectivity index (χ2v) is 5.09. The summed E-state index contributed by atoms with van der Waals surface area (Å²) < 4.78 is 1.82. The molecule has 0 aliphatic carbocycles. The Labute approximate surface area is 132 Å². The van der Waals surface area contributed by atoms with Crippen molar-refractivity contribution in [2.75, 3.05) is 0 Å². The minimum Gasteiger partial charge on any atom is -0.352 e. The number of H-pyrrole nitrogens is 1. The highest BCUT2D eigenvalue weighted by Gasteiger charge is 2.05. The lowest BCUT2D eigenvalue weighted by atomic mass is 10.1. The molecule has 0 aliphatic rings. The number of nitrogens with zero attached hydrogens (tertiary/aromatic N) is 5. The van der Waals surface area contributed by atoms with Crippen molar-refractivity contribution < 1.29 is 4.79 Å². The SMILES string of the molecule is O=C(CCCn1cccn1)NCc1cccc(-c2nn[nH]n2)c1. The van der Waals surface area contributed by atoms with E-state index in [1.165, 1.54) is 0 Å². The average molecular weight is 311 g/mol. The topological polar surface area (TPSA) is 101 Å². The van der Waals surface area contributed by atoms with Gasteiger partial charge in [-0.05, 0) is 29.3 Å². The summed E-state index contributed by atoms with van der Waals surface area (Å²) in [7, 11) is 0. The molecule has 0 bridgehead atoms. The highest BCUT2D eigenvalue weighted by Crippen LogP contribution is 2.14. The molecule has 1 aromatic carbocycles. The van der Waals surface area contributed by atoms with Crippen molar-refractivity contribution in [1.82, 2.24) is 35.7 Å². The first-order valence-electron chi connectivity index (χ1n) is 7.38. The van der Waals surface area contributed by atoms with Crippen molar-refractivity contribution >= 4 is 5.91 Å². The molecule has 23 heavy (non-hydrogen) atoms. The summed E-state index contributed by atoms with van der Waals surface area (Å²) >= 11 is 0. The molecular formula is C15H17N7O. The summed E-state index contributed by atoms with van der Waals surface area (Å²) in [6.07, 6.45) is 4.86. The number of rotatable bonds is 7. The van der Waals surface area contributed by atoms with Gasteiger partial charge in [0.05, 0.1) is 0 Å². The molecule has 0 unspecified atom stereocenters. The third-order valence-corrected chi connectivity index (χ3v) is 3.37. The molecule has 0 fully saturated rings. The van der Waals surface area contributed by atoms with Crippen molar-refractivity contribution in [3.05, 3.63) is 48.3 Å². The van der Waals surface area contributed by atoms with Crippen LogP contribution in [0.15, 0.2) is 42.7 Å². The van der Waals surface area contributed by atoms with Gasteiger partial charge in [-0.3, -0.25) is 9.48 Å². The zero-order valence-electron chi connectivity index (χ0n) is 12.5. The molecule has 0 atom stereocenters. The predicted octanol–water partition coefficient (Wildman–Crippen LogP) is 1.16. The summed E-state index contributed by atoms with van der Waals surface area (Å²) in [6, 6.07) is 9.57. The van der Waals surface area contributed by atoms with Crippen LogP contribution < -0.4 is 5.32 Å². The van der Waals surface area contributed by atoms with Gasteiger partial charge in [0.15, 0.2) is 0 Å². The lowest BCUT2D eigenvalue weighted by Gasteiger charge is -2.06. The number of aromatic nitrogens is 6. The molecule has 2 N–H and O–H groups in total. The lowest BCUT2D eigenvalue weighted by Crippen LogP contribution is -2.22. The summed E-state index contributed by atoms with van der Waals surface area (Å²) in [5.41, 5.74) is 1.86. The molecule has 3 aromatic rings. The van der Waals surface area contributed by atoms with Crippen LogP contribution in [0.4, 0.5) is 0 Å². The third kappa shape index (κ3) is 4.22. The van der Waals surface area contributed by atoms with Gasteiger partial charge >= 0.3 is 0 Å². The number of amides is 1. The van der Waals surface area contributed by atoms with Crippen molar-refractivity contribution in [2.24, 2.45) is 0 Å². The lowest BCUT2D eigenvalue weighted by molar-refractivity contribution is -0.121. The second kappa shape index (κ2) is 7.30. The average Bonchev–Trinajstić information content (AvgIpc) is 3.27. The van der Waals surface area contributed by atoms with E-state index in [-0.39, 0.29) is 5.91 Å². The fourth-order valence-corrected chi connectivity index (χ4v) is 2.23. The zero-order valence-corrected chi connectivity index (χ0v) is 12.5. The van der Waals surface area contributed by atoms with E-state index in [4.69, 9.17) is 0 Å². The fraction of sp³-hybridized carbons (Fsp3) is 0.267. The molecule has 118 valence electrons.